The smallest absolute Gasteiger partial charge is 0.258 e. The first kappa shape index (κ1) is 15.5. The fraction of sp³-hybridized carbons (Fsp3) is 0.211. The number of aromatic nitrogens is 2. The molecule has 2 heterocycles. The molecule has 2 aromatic carbocycles. The van der Waals surface area contributed by atoms with Gasteiger partial charge in [-0.25, -0.2) is 4.39 Å². The van der Waals surface area contributed by atoms with E-state index in [9.17, 15) is 9.18 Å². The first-order valence-corrected chi connectivity index (χ1v) is 8.12. The van der Waals surface area contributed by atoms with E-state index in [2.05, 4.69) is 16.2 Å². The first-order chi connectivity index (χ1) is 12.2. The molecule has 0 unspecified atom stereocenters. The molecule has 5 nitrogen and oxygen atoms in total. The number of hydrogen-bond donors (Lipinski definition) is 0. The zero-order valence-corrected chi connectivity index (χ0v) is 13.5. The summed E-state index contributed by atoms with van der Waals surface area (Å²) in [5, 5.41) is 3.85. The maximum atomic E-state index is 13.3. The number of fused-ring (bicyclic) bond motifs is 1. The highest BCUT2D eigenvalue weighted by molar-refractivity contribution is 5.78. The molecule has 0 radical (unpaired) electrons. The molecule has 1 aliphatic rings. The van der Waals surface area contributed by atoms with Crippen LogP contribution in [0.15, 0.2) is 53.1 Å². The van der Waals surface area contributed by atoms with Crippen molar-refractivity contribution in [3.63, 3.8) is 0 Å². The van der Waals surface area contributed by atoms with Crippen molar-refractivity contribution < 1.29 is 13.7 Å². The average Bonchev–Trinajstić information content (AvgIpc) is 3.10. The predicted octanol–water partition coefficient (Wildman–Crippen LogP) is 3.00. The molecule has 0 bridgehead atoms. The lowest BCUT2D eigenvalue weighted by Crippen LogP contribution is -2.37. The lowest BCUT2D eigenvalue weighted by Gasteiger charge is -2.28. The average molecular weight is 337 g/mol. The van der Waals surface area contributed by atoms with Crippen molar-refractivity contribution in [1.29, 1.82) is 0 Å². The van der Waals surface area contributed by atoms with E-state index in [0.717, 1.165) is 6.42 Å². The summed E-state index contributed by atoms with van der Waals surface area (Å²) in [6, 6.07) is 14.1. The van der Waals surface area contributed by atoms with Crippen molar-refractivity contribution in [3.8, 4) is 11.5 Å². The third-order valence-corrected chi connectivity index (χ3v) is 4.33. The van der Waals surface area contributed by atoms with Crippen LogP contribution in [-0.4, -0.2) is 27.5 Å². The van der Waals surface area contributed by atoms with Crippen molar-refractivity contribution >= 4 is 5.91 Å². The quantitative estimate of drug-likeness (QED) is 0.737. The second kappa shape index (κ2) is 6.47. The van der Waals surface area contributed by atoms with E-state index in [-0.39, 0.29) is 24.0 Å². The van der Waals surface area contributed by atoms with Crippen molar-refractivity contribution in [2.45, 2.75) is 19.4 Å². The van der Waals surface area contributed by atoms with Crippen molar-refractivity contribution in [1.82, 2.24) is 15.0 Å². The van der Waals surface area contributed by atoms with Gasteiger partial charge in [-0.1, -0.05) is 35.5 Å². The van der Waals surface area contributed by atoms with Crippen LogP contribution in [0, 0.1) is 5.82 Å². The summed E-state index contributed by atoms with van der Waals surface area (Å²) in [5.74, 6) is 0.107. The van der Waals surface area contributed by atoms with Crippen molar-refractivity contribution in [2.24, 2.45) is 0 Å². The fourth-order valence-electron chi connectivity index (χ4n) is 3.02. The minimum Gasteiger partial charge on any atom is -0.338 e. The predicted molar refractivity (Wildman–Crippen MR) is 89.0 cm³/mol. The molecule has 3 aromatic rings. The van der Waals surface area contributed by atoms with Gasteiger partial charge in [-0.15, -0.1) is 0 Å². The van der Waals surface area contributed by atoms with Crippen LogP contribution in [-0.2, 0) is 24.2 Å². The van der Waals surface area contributed by atoms with Crippen LogP contribution in [0.1, 0.15) is 17.0 Å². The summed E-state index contributed by atoms with van der Waals surface area (Å²) >= 11 is 0. The van der Waals surface area contributed by atoms with E-state index in [1.54, 1.807) is 17.0 Å². The Morgan fingerprint density at radius 3 is 2.84 bits per heavy atom. The zero-order valence-electron chi connectivity index (χ0n) is 13.5. The maximum Gasteiger partial charge on any atom is 0.258 e. The van der Waals surface area contributed by atoms with E-state index in [1.807, 2.05) is 18.2 Å². The van der Waals surface area contributed by atoms with Gasteiger partial charge in [0.1, 0.15) is 5.82 Å². The highest BCUT2D eigenvalue weighted by Gasteiger charge is 2.22. The molecule has 1 aromatic heterocycles. The van der Waals surface area contributed by atoms with Gasteiger partial charge in [0.2, 0.25) is 5.91 Å². The summed E-state index contributed by atoms with van der Waals surface area (Å²) in [7, 11) is 0. The summed E-state index contributed by atoms with van der Waals surface area (Å²) in [6.45, 7) is 1.29. The normalized spacial score (nSPS) is 13.6. The monoisotopic (exact) mass is 337 g/mol. The molecular weight excluding hydrogens is 321 g/mol. The van der Waals surface area contributed by atoms with Gasteiger partial charge >= 0.3 is 0 Å². The standard InChI is InChI=1S/C19H16FN3O2/c20-16-7-3-6-14(10-16)19-21-17(22-25-19)11-18(24)23-9-8-13-4-1-2-5-15(13)12-23/h1-7,10H,8-9,11-12H2. The Labute approximate surface area is 144 Å². The van der Waals surface area contributed by atoms with Crippen LogP contribution >= 0.6 is 0 Å². The van der Waals surface area contributed by atoms with E-state index in [0.29, 0.717) is 24.5 Å². The van der Waals surface area contributed by atoms with Crippen LogP contribution in [0.4, 0.5) is 4.39 Å². The molecule has 0 saturated heterocycles. The van der Waals surface area contributed by atoms with Gasteiger partial charge in [-0.2, -0.15) is 4.98 Å². The molecular formula is C19H16FN3O2. The summed E-state index contributed by atoms with van der Waals surface area (Å²) in [5.41, 5.74) is 2.97. The van der Waals surface area contributed by atoms with E-state index >= 15 is 0 Å². The second-order valence-electron chi connectivity index (χ2n) is 6.04. The molecule has 0 N–H and O–H groups in total. The van der Waals surface area contributed by atoms with Crippen LogP contribution in [0.2, 0.25) is 0 Å². The molecule has 0 spiro atoms. The fourth-order valence-corrected chi connectivity index (χ4v) is 3.02. The Hall–Kier alpha value is -3.02. The van der Waals surface area contributed by atoms with Crippen LogP contribution in [0.3, 0.4) is 0 Å². The molecule has 126 valence electrons. The van der Waals surface area contributed by atoms with Crippen molar-refractivity contribution in [2.75, 3.05) is 6.54 Å². The van der Waals surface area contributed by atoms with Gasteiger partial charge < -0.3 is 9.42 Å². The SMILES string of the molecule is O=C(Cc1noc(-c2cccc(F)c2)n1)N1CCc2ccccc2C1. The number of hydrogen-bond acceptors (Lipinski definition) is 4. The van der Waals surface area contributed by atoms with Gasteiger partial charge in [0, 0.05) is 18.7 Å². The minimum absolute atomic E-state index is 0.0407. The molecule has 25 heavy (non-hydrogen) atoms. The molecule has 1 aliphatic heterocycles. The highest BCUT2D eigenvalue weighted by atomic mass is 19.1. The van der Waals surface area contributed by atoms with E-state index < -0.39 is 0 Å². The van der Waals surface area contributed by atoms with Gasteiger partial charge in [-0.3, -0.25) is 4.79 Å². The third-order valence-electron chi connectivity index (χ3n) is 4.33. The van der Waals surface area contributed by atoms with Crippen LogP contribution < -0.4 is 0 Å². The summed E-state index contributed by atoms with van der Waals surface area (Å²) in [4.78, 5) is 18.5. The highest BCUT2D eigenvalue weighted by Crippen LogP contribution is 2.20. The summed E-state index contributed by atoms with van der Waals surface area (Å²) < 4.78 is 18.4. The Kier molecular flexibility index (Phi) is 4.01. The Balaban J connectivity index is 1.45. The molecule has 1 amide bonds. The number of rotatable bonds is 3. The number of carbonyl (C=O) groups is 1. The lowest BCUT2D eigenvalue weighted by molar-refractivity contribution is -0.131. The lowest BCUT2D eigenvalue weighted by atomic mass is 10.00. The molecule has 6 heteroatoms. The number of carbonyl (C=O) groups excluding carboxylic acids is 1. The number of nitrogens with zero attached hydrogens (tertiary/aromatic N) is 3. The molecule has 0 fully saturated rings. The topological polar surface area (TPSA) is 59.2 Å². The summed E-state index contributed by atoms with van der Waals surface area (Å²) in [6.07, 6.45) is 0.920. The first-order valence-electron chi connectivity index (χ1n) is 8.12. The number of halogens is 1. The second-order valence-corrected chi connectivity index (χ2v) is 6.04. The largest absolute Gasteiger partial charge is 0.338 e. The molecule has 0 aliphatic carbocycles. The number of benzene rings is 2. The van der Waals surface area contributed by atoms with Crippen LogP contribution in [0.5, 0.6) is 0 Å². The Morgan fingerprint density at radius 2 is 2.00 bits per heavy atom. The van der Waals surface area contributed by atoms with Crippen LogP contribution in [0.25, 0.3) is 11.5 Å². The zero-order chi connectivity index (χ0) is 17.2. The Morgan fingerprint density at radius 1 is 1.16 bits per heavy atom. The number of amides is 1. The van der Waals surface area contributed by atoms with E-state index in [1.165, 1.54) is 23.3 Å². The third kappa shape index (κ3) is 3.28. The maximum absolute atomic E-state index is 13.3. The Bertz CT molecular complexity index is 922. The van der Waals surface area contributed by atoms with E-state index in [4.69, 9.17) is 4.52 Å². The van der Waals surface area contributed by atoms with Gasteiger partial charge in [-0.05, 0) is 35.7 Å². The van der Waals surface area contributed by atoms with Crippen molar-refractivity contribution in [3.05, 3.63) is 71.3 Å². The molecule has 4 rings (SSSR count). The van der Waals surface area contributed by atoms with Gasteiger partial charge in [0.25, 0.3) is 5.89 Å². The minimum atomic E-state index is -0.375. The molecule has 0 saturated carbocycles. The van der Waals surface area contributed by atoms with Gasteiger partial charge in [0.15, 0.2) is 5.82 Å². The molecule has 0 atom stereocenters. The van der Waals surface area contributed by atoms with Gasteiger partial charge in [0.05, 0.1) is 6.42 Å².